The molecule has 1 aromatic rings. The second kappa shape index (κ2) is 22.6. The van der Waals surface area contributed by atoms with Gasteiger partial charge in [0.25, 0.3) is 0 Å². The van der Waals surface area contributed by atoms with Gasteiger partial charge in [0.1, 0.15) is 40.4 Å². The highest BCUT2D eigenvalue weighted by molar-refractivity contribution is 5.85. The van der Waals surface area contributed by atoms with E-state index in [0.29, 0.717) is 0 Å². The molecule has 1 rings (SSSR count). The molecule has 0 aliphatic heterocycles. The Morgan fingerprint density at radius 2 is 0.694 bits per heavy atom. The Hall–Kier alpha value is -4.20. The van der Waals surface area contributed by atoms with E-state index in [0.717, 1.165) is 32.9 Å². The van der Waals surface area contributed by atoms with Crippen molar-refractivity contribution in [1.29, 1.82) is 0 Å². The van der Waals surface area contributed by atoms with Crippen molar-refractivity contribution in [3.05, 3.63) is 38.0 Å². The maximum Gasteiger partial charge on any atom is 0.240 e. The molecule has 0 bridgehead atoms. The minimum absolute atomic E-state index is 0.168. The van der Waals surface area contributed by atoms with Gasteiger partial charge in [-0.25, -0.2) is 0 Å². The number of rotatable bonds is 12. The lowest BCUT2D eigenvalue weighted by atomic mass is 10.6. The molecule has 204 valence electrons. The molecule has 0 aliphatic rings. The van der Waals surface area contributed by atoms with E-state index in [-0.39, 0.29) is 17.8 Å². The fraction of sp³-hybridized carbons (Fsp3) is 0.333. The molecular weight excluding hydrogens is 486 g/mol. The molecule has 18 heteroatoms. The molecule has 0 unspecified atom stereocenters. The number of hydrogen-bond donors (Lipinski definition) is 9. The number of aliphatic hydroxyl groups excluding tert-OH is 6. The zero-order valence-corrected chi connectivity index (χ0v) is 19.4. The van der Waals surface area contributed by atoms with Gasteiger partial charge in [0.2, 0.25) is 35.6 Å². The standard InChI is InChI=1S/C9H18N6O6.3C3H5NO/c16-1-13(2-17)7-10-8(14(3-18)4-19)12-9(11-7)15(5-20)6-21;3*1-2-3(4)5/h16-21H,1-6H2;3*2H,1H2,(H2,4,5). The highest BCUT2D eigenvalue weighted by atomic mass is 16.3. The van der Waals surface area contributed by atoms with Crippen molar-refractivity contribution in [1.82, 2.24) is 15.0 Å². The monoisotopic (exact) mass is 519 g/mol. The lowest BCUT2D eigenvalue weighted by Crippen LogP contribution is -2.34. The largest absolute Gasteiger partial charge is 0.376 e. The molecule has 36 heavy (non-hydrogen) atoms. The first-order valence-corrected chi connectivity index (χ1v) is 9.38. The number of aliphatic hydroxyl groups is 6. The van der Waals surface area contributed by atoms with Crippen LogP contribution in [-0.2, 0) is 14.4 Å². The maximum absolute atomic E-state index is 9.47. The summed E-state index contributed by atoms with van der Waals surface area (Å²) in [6.07, 6.45) is 3.17. The van der Waals surface area contributed by atoms with Gasteiger partial charge in [0.05, 0.1) is 0 Å². The topological polar surface area (TPSA) is 299 Å². The van der Waals surface area contributed by atoms with Gasteiger partial charge >= 0.3 is 0 Å². The molecule has 12 N–H and O–H groups in total. The fourth-order valence-corrected chi connectivity index (χ4v) is 1.28. The molecule has 0 radical (unpaired) electrons. The summed E-state index contributed by atoms with van der Waals surface area (Å²) >= 11 is 0. The smallest absolute Gasteiger partial charge is 0.240 e. The Kier molecular flexibility index (Phi) is 22.8. The molecule has 0 atom stereocenters. The number of nitrogens with zero attached hydrogens (tertiary/aromatic N) is 6. The number of hydrogen-bond acceptors (Lipinski definition) is 15. The number of carbonyl (C=O) groups excluding carboxylic acids is 3. The summed E-state index contributed by atoms with van der Waals surface area (Å²) in [5.41, 5.74) is 13.6. The first kappa shape index (κ1) is 36.4. The van der Waals surface area contributed by atoms with Crippen molar-refractivity contribution in [3.63, 3.8) is 0 Å². The molecule has 0 aromatic carbocycles. The summed E-state index contributed by atoms with van der Waals surface area (Å²) in [6, 6.07) is 0. The molecule has 1 aromatic heterocycles. The Morgan fingerprint density at radius 1 is 0.556 bits per heavy atom. The van der Waals surface area contributed by atoms with E-state index in [2.05, 4.69) is 51.9 Å². The molecule has 3 amide bonds. The number of primary amides is 3. The predicted molar refractivity (Wildman–Crippen MR) is 128 cm³/mol. The number of nitrogens with two attached hydrogens (primary N) is 3. The van der Waals surface area contributed by atoms with Crippen molar-refractivity contribution in [2.75, 3.05) is 55.1 Å². The summed E-state index contributed by atoms with van der Waals surface area (Å²) in [6.45, 7) is 5.65. The zero-order chi connectivity index (χ0) is 28.7. The summed E-state index contributed by atoms with van der Waals surface area (Å²) in [5.74, 6) is -1.95. The SMILES string of the molecule is C=CC(N)=O.C=CC(N)=O.C=CC(N)=O.OCN(CO)c1nc(N(CO)CO)nc(N(CO)CO)n1. The lowest BCUT2D eigenvalue weighted by molar-refractivity contribution is -0.114. The maximum atomic E-state index is 9.47. The first-order chi connectivity index (χ1) is 17.0. The third-order valence-electron chi connectivity index (χ3n) is 3.08. The van der Waals surface area contributed by atoms with E-state index in [9.17, 15) is 14.4 Å². The van der Waals surface area contributed by atoms with Crippen LogP contribution in [0.4, 0.5) is 17.8 Å². The van der Waals surface area contributed by atoms with Crippen molar-refractivity contribution < 1.29 is 45.0 Å². The molecule has 0 aliphatic carbocycles. The molecule has 1 heterocycles. The average molecular weight is 520 g/mol. The third kappa shape index (κ3) is 17.3. The van der Waals surface area contributed by atoms with Gasteiger partial charge in [0.15, 0.2) is 0 Å². The Labute approximate surface area is 206 Å². The van der Waals surface area contributed by atoms with Crippen LogP contribution in [0, 0.1) is 0 Å². The molecule has 0 saturated heterocycles. The summed E-state index contributed by atoms with van der Waals surface area (Å²) in [4.78, 5) is 42.9. The van der Waals surface area contributed by atoms with Crippen molar-refractivity contribution in [2.45, 2.75) is 0 Å². The highest BCUT2D eigenvalue weighted by Crippen LogP contribution is 2.18. The number of anilines is 3. The van der Waals surface area contributed by atoms with Crippen molar-refractivity contribution in [2.24, 2.45) is 17.2 Å². The van der Waals surface area contributed by atoms with E-state index in [1.807, 2.05) is 0 Å². The number of aromatic nitrogens is 3. The summed E-state index contributed by atoms with van der Waals surface area (Å²) in [5, 5.41) is 54.6. The van der Waals surface area contributed by atoms with Crippen LogP contribution in [0.1, 0.15) is 0 Å². The highest BCUT2D eigenvalue weighted by Gasteiger charge is 2.18. The third-order valence-corrected chi connectivity index (χ3v) is 3.08. The van der Waals surface area contributed by atoms with Gasteiger partial charge in [-0.2, -0.15) is 15.0 Å². The second-order valence-electron chi connectivity index (χ2n) is 5.52. The minimum Gasteiger partial charge on any atom is -0.376 e. The van der Waals surface area contributed by atoms with E-state index in [4.69, 9.17) is 30.6 Å². The van der Waals surface area contributed by atoms with Crippen molar-refractivity contribution in [3.8, 4) is 0 Å². The van der Waals surface area contributed by atoms with E-state index in [1.165, 1.54) is 0 Å². The van der Waals surface area contributed by atoms with Crippen LogP contribution < -0.4 is 31.9 Å². The Balaban J connectivity index is -0.000000590. The van der Waals surface area contributed by atoms with Gasteiger partial charge < -0.3 is 47.8 Å². The Morgan fingerprint density at radius 3 is 0.778 bits per heavy atom. The van der Waals surface area contributed by atoms with Gasteiger partial charge in [0, 0.05) is 0 Å². The van der Waals surface area contributed by atoms with Crippen LogP contribution in [0.25, 0.3) is 0 Å². The van der Waals surface area contributed by atoms with Gasteiger partial charge in [-0.05, 0) is 18.2 Å². The zero-order valence-electron chi connectivity index (χ0n) is 19.4. The fourth-order valence-electron chi connectivity index (χ4n) is 1.28. The van der Waals surface area contributed by atoms with Crippen LogP contribution in [0.2, 0.25) is 0 Å². The quantitative estimate of drug-likeness (QED) is 0.0921. The van der Waals surface area contributed by atoms with Crippen LogP contribution in [0.15, 0.2) is 38.0 Å². The molecule has 0 spiro atoms. The van der Waals surface area contributed by atoms with Gasteiger partial charge in [-0.1, -0.05) is 19.7 Å². The van der Waals surface area contributed by atoms with E-state index >= 15 is 0 Å². The number of amides is 3. The van der Waals surface area contributed by atoms with Crippen LogP contribution in [0.5, 0.6) is 0 Å². The van der Waals surface area contributed by atoms with Gasteiger partial charge in [-0.15, -0.1) is 0 Å². The average Bonchev–Trinajstić information content (AvgIpc) is 2.87. The number of carbonyl (C=O) groups is 3. The predicted octanol–water partition coefficient (Wildman–Crippen LogP) is -5.04. The van der Waals surface area contributed by atoms with E-state index in [1.54, 1.807) is 0 Å². The molecule has 0 fully saturated rings. The second-order valence-corrected chi connectivity index (χ2v) is 5.52. The normalized spacial score (nSPS) is 8.83. The summed E-state index contributed by atoms with van der Waals surface area (Å²) < 4.78 is 0. The van der Waals surface area contributed by atoms with Crippen molar-refractivity contribution >= 4 is 35.6 Å². The molecule has 18 nitrogen and oxygen atoms in total. The lowest BCUT2D eigenvalue weighted by Gasteiger charge is -2.24. The van der Waals surface area contributed by atoms with Crippen LogP contribution in [-0.4, -0.2) is 104 Å². The molecule has 0 saturated carbocycles. The Bertz CT molecular complexity index is 698. The molecular formula is C18H33N9O9. The van der Waals surface area contributed by atoms with Crippen LogP contribution in [0.3, 0.4) is 0 Å². The first-order valence-electron chi connectivity index (χ1n) is 9.38. The van der Waals surface area contributed by atoms with E-state index < -0.39 is 58.1 Å². The minimum atomic E-state index is -0.601. The van der Waals surface area contributed by atoms with Gasteiger partial charge in [-0.3, -0.25) is 29.1 Å². The summed E-state index contributed by atoms with van der Waals surface area (Å²) in [7, 11) is 0. The van der Waals surface area contributed by atoms with Crippen LogP contribution >= 0.6 is 0 Å².